The van der Waals surface area contributed by atoms with Crippen LogP contribution in [0.1, 0.15) is 35.5 Å². The fraction of sp³-hybridized carbons (Fsp3) is 0.429. The van der Waals surface area contributed by atoms with Gasteiger partial charge in [-0.05, 0) is 30.0 Å². The van der Waals surface area contributed by atoms with E-state index in [0.717, 1.165) is 47.2 Å². The van der Waals surface area contributed by atoms with Crippen molar-refractivity contribution in [1.82, 2.24) is 19.7 Å². The average molecular weight is 366 g/mol. The predicted molar refractivity (Wildman–Crippen MR) is 105 cm³/mol. The quantitative estimate of drug-likeness (QED) is 0.771. The largest absolute Gasteiger partial charge is 0.383 e. The Morgan fingerprint density at radius 3 is 3.00 bits per heavy atom. The first-order valence-electron chi connectivity index (χ1n) is 9.36. The molecule has 0 aliphatic carbocycles. The lowest BCUT2D eigenvalue weighted by atomic mass is 9.87. The van der Waals surface area contributed by atoms with Crippen molar-refractivity contribution in [2.24, 2.45) is 5.41 Å². The molecule has 0 saturated carbocycles. The van der Waals surface area contributed by atoms with Gasteiger partial charge in [0.1, 0.15) is 0 Å². The zero-order chi connectivity index (χ0) is 19.0. The molecule has 2 aromatic heterocycles. The van der Waals surface area contributed by atoms with E-state index in [1.807, 2.05) is 35.5 Å². The maximum absolute atomic E-state index is 13.5. The number of carbonyl (C=O) groups excluding carboxylic acids is 1. The van der Waals surface area contributed by atoms with Crippen LogP contribution in [0.25, 0.3) is 10.9 Å². The van der Waals surface area contributed by atoms with E-state index < -0.39 is 0 Å². The number of aromatic amines is 1. The second kappa shape index (κ2) is 6.85. The molecule has 6 nitrogen and oxygen atoms in total. The molecule has 3 heterocycles. The van der Waals surface area contributed by atoms with E-state index in [1.165, 1.54) is 0 Å². The summed E-state index contributed by atoms with van der Waals surface area (Å²) in [6.45, 7) is 7.12. The van der Waals surface area contributed by atoms with Crippen LogP contribution in [-0.2, 0) is 24.2 Å². The van der Waals surface area contributed by atoms with Crippen LogP contribution in [0.15, 0.2) is 36.7 Å². The minimum absolute atomic E-state index is 0.00820. The van der Waals surface area contributed by atoms with E-state index >= 15 is 0 Å². The Labute approximate surface area is 159 Å². The minimum Gasteiger partial charge on any atom is -0.383 e. The van der Waals surface area contributed by atoms with E-state index in [4.69, 9.17) is 4.74 Å². The van der Waals surface area contributed by atoms with Crippen molar-refractivity contribution in [1.29, 1.82) is 0 Å². The Bertz CT molecular complexity index is 970. The number of rotatable bonds is 4. The van der Waals surface area contributed by atoms with Gasteiger partial charge < -0.3 is 14.2 Å². The normalized spacial score (nSPS) is 16.3. The first-order valence-corrected chi connectivity index (χ1v) is 9.36. The number of hydrogen-bond acceptors (Lipinski definition) is 3. The first kappa shape index (κ1) is 17.8. The third-order valence-corrected chi connectivity index (χ3v) is 5.31. The molecule has 3 aromatic rings. The molecule has 1 aliphatic rings. The maximum atomic E-state index is 13.5. The molecule has 0 atom stereocenters. The van der Waals surface area contributed by atoms with Gasteiger partial charge in [-0.1, -0.05) is 19.9 Å². The summed E-state index contributed by atoms with van der Waals surface area (Å²) in [5.41, 5.74) is 4.06. The van der Waals surface area contributed by atoms with Crippen LogP contribution >= 0.6 is 0 Å². The van der Waals surface area contributed by atoms with Crippen molar-refractivity contribution < 1.29 is 9.53 Å². The van der Waals surface area contributed by atoms with Gasteiger partial charge in [0.05, 0.1) is 12.8 Å². The third kappa shape index (κ3) is 3.37. The van der Waals surface area contributed by atoms with E-state index in [1.54, 1.807) is 7.11 Å². The smallest absolute Gasteiger partial charge is 0.254 e. The van der Waals surface area contributed by atoms with Gasteiger partial charge in [0.25, 0.3) is 5.91 Å². The fourth-order valence-corrected chi connectivity index (χ4v) is 4.05. The van der Waals surface area contributed by atoms with E-state index in [2.05, 4.69) is 34.7 Å². The highest BCUT2D eigenvalue weighted by Gasteiger charge is 2.32. The summed E-state index contributed by atoms with van der Waals surface area (Å²) < 4.78 is 7.33. The summed E-state index contributed by atoms with van der Waals surface area (Å²) in [4.78, 5) is 15.4. The van der Waals surface area contributed by atoms with Crippen molar-refractivity contribution in [3.8, 4) is 0 Å². The fourth-order valence-electron chi connectivity index (χ4n) is 4.05. The number of H-pyrrole nitrogens is 1. The van der Waals surface area contributed by atoms with Crippen LogP contribution in [0.4, 0.5) is 0 Å². The summed E-state index contributed by atoms with van der Waals surface area (Å²) in [6.07, 6.45) is 4.77. The SMILES string of the molecule is COCCn1ccc2c(C(=O)N3Cc4cn[nH]c4CC(C)(C)C3)cccc21. The number of nitrogens with one attached hydrogen (secondary N) is 1. The van der Waals surface area contributed by atoms with Crippen LogP contribution in [-0.4, -0.2) is 45.8 Å². The standard InChI is InChI=1S/C21H26N4O2/c1-21(2)11-18-15(12-22-23-18)13-25(14-21)20(26)17-5-4-6-19-16(17)7-8-24(19)9-10-27-3/h4-8,12H,9-11,13-14H2,1-3H3,(H,22,23). The first-order chi connectivity index (χ1) is 13.0. The maximum Gasteiger partial charge on any atom is 0.254 e. The summed E-state index contributed by atoms with van der Waals surface area (Å²) in [5.74, 6) is 0.0761. The van der Waals surface area contributed by atoms with E-state index in [-0.39, 0.29) is 11.3 Å². The lowest BCUT2D eigenvalue weighted by Gasteiger charge is -2.29. The topological polar surface area (TPSA) is 63.1 Å². The molecule has 1 N–H and O–H groups in total. The summed E-state index contributed by atoms with van der Waals surface area (Å²) in [6, 6.07) is 7.98. The monoisotopic (exact) mass is 366 g/mol. The number of benzene rings is 1. The number of nitrogens with zero attached hydrogens (tertiary/aromatic N) is 3. The third-order valence-electron chi connectivity index (χ3n) is 5.31. The van der Waals surface area contributed by atoms with Gasteiger partial charge in [-0.2, -0.15) is 5.10 Å². The van der Waals surface area contributed by atoms with Gasteiger partial charge in [-0.15, -0.1) is 0 Å². The Hall–Kier alpha value is -2.60. The zero-order valence-corrected chi connectivity index (χ0v) is 16.2. The highest BCUT2D eigenvalue weighted by atomic mass is 16.5. The summed E-state index contributed by atoms with van der Waals surface area (Å²) in [5, 5.41) is 8.28. The van der Waals surface area contributed by atoms with Crippen LogP contribution in [0.3, 0.4) is 0 Å². The van der Waals surface area contributed by atoms with Gasteiger partial charge in [0.15, 0.2) is 0 Å². The van der Waals surface area contributed by atoms with Crippen molar-refractivity contribution >= 4 is 16.8 Å². The Morgan fingerprint density at radius 1 is 1.33 bits per heavy atom. The Balaban J connectivity index is 1.69. The van der Waals surface area contributed by atoms with Crippen molar-refractivity contribution in [2.45, 2.75) is 33.4 Å². The van der Waals surface area contributed by atoms with Gasteiger partial charge >= 0.3 is 0 Å². The molecule has 6 heteroatoms. The lowest BCUT2D eigenvalue weighted by molar-refractivity contribution is 0.0682. The van der Waals surface area contributed by atoms with E-state index in [0.29, 0.717) is 13.2 Å². The van der Waals surface area contributed by atoms with Crippen molar-refractivity contribution in [3.63, 3.8) is 0 Å². The molecule has 0 radical (unpaired) electrons. The zero-order valence-electron chi connectivity index (χ0n) is 16.2. The molecule has 1 aromatic carbocycles. The number of hydrogen-bond donors (Lipinski definition) is 1. The molecule has 1 aliphatic heterocycles. The Kier molecular flexibility index (Phi) is 4.52. The summed E-state index contributed by atoms with van der Waals surface area (Å²) in [7, 11) is 1.70. The molecule has 0 saturated heterocycles. The molecule has 1 amide bonds. The number of carbonyl (C=O) groups is 1. The molecular weight excluding hydrogens is 340 g/mol. The molecule has 0 spiro atoms. The molecular formula is C21H26N4O2. The van der Waals surface area contributed by atoms with Gasteiger partial charge in [0, 0.05) is 60.7 Å². The number of methoxy groups -OCH3 is 1. The number of amides is 1. The minimum atomic E-state index is -0.00820. The highest BCUT2D eigenvalue weighted by Crippen LogP contribution is 2.31. The molecule has 142 valence electrons. The predicted octanol–water partition coefficient (Wildman–Crippen LogP) is 3.24. The van der Waals surface area contributed by atoms with E-state index in [9.17, 15) is 4.79 Å². The van der Waals surface area contributed by atoms with Crippen LogP contribution in [0.2, 0.25) is 0 Å². The summed E-state index contributed by atoms with van der Waals surface area (Å²) >= 11 is 0. The second-order valence-electron chi connectivity index (χ2n) is 8.12. The molecule has 27 heavy (non-hydrogen) atoms. The van der Waals surface area contributed by atoms with Crippen molar-refractivity contribution in [3.05, 3.63) is 53.5 Å². The van der Waals surface area contributed by atoms with Crippen molar-refractivity contribution in [2.75, 3.05) is 20.3 Å². The van der Waals surface area contributed by atoms with Gasteiger partial charge in [0.2, 0.25) is 0 Å². The number of ether oxygens (including phenoxy) is 1. The molecule has 0 bridgehead atoms. The second-order valence-corrected chi connectivity index (χ2v) is 8.12. The average Bonchev–Trinajstić information content (AvgIpc) is 3.22. The number of aromatic nitrogens is 3. The Morgan fingerprint density at radius 2 is 2.19 bits per heavy atom. The van der Waals surface area contributed by atoms with Crippen LogP contribution in [0.5, 0.6) is 0 Å². The molecule has 0 fully saturated rings. The molecule has 4 rings (SSSR count). The highest BCUT2D eigenvalue weighted by molar-refractivity contribution is 6.06. The van der Waals surface area contributed by atoms with Gasteiger partial charge in [-0.3, -0.25) is 9.89 Å². The number of fused-ring (bicyclic) bond motifs is 2. The molecule has 0 unspecified atom stereocenters. The van der Waals surface area contributed by atoms with Crippen LogP contribution in [0, 0.1) is 5.41 Å². The van der Waals surface area contributed by atoms with Crippen LogP contribution < -0.4 is 0 Å². The van der Waals surface area contributed by atoms with Gasteiger partial charge in [-0.25, -0.2) is 0 Å². The lowest BCUT2D eigenvalue weighted by Crippen LogP contribution is -2.37.